The summed E-state index contributed by atoms with van der Waals surface area (Å²) in [7, 11) is 1.24. The predicted octanol–water partition coefficient (Wildman–Crippen LogP) is 5.02. The maximum atomic E-state index is 14.7. The van der Waals surface area contributed by atoms with Crippen molar-refractivity contribution in [3.8, 4) is 16.8 Å². The zero-order valence-electron chi connectivity index (χ0n) is 23.9. The number of rotatable bonds is 4. The van der Waals surface area contributed by atoms with Gasteiger partial charge in [-0.3, -0.25) is 24.7 Å². The van der Waals surface area contributed by atoms with E-state index < -0.39 is 35.7 Å². The fraction of sp³-hybridized carbons (Fsp3) is 0.233. The second-order valence-electron chi connectivity index (χ2n) is 10.2. The number of ether oxygens (including phenoxy) is 1. The highest BCUT2D eigenvalue weighted by Gasteiger charge is 2.28. The van der Waals surface area contributed by atoms with Gasteiger partial charge in [0.25, 0.3) is 5.91 Å². The van der Waals surface area contributed by atoms with Gasteiger partial charge in [0.05, 0.1) is 35.2 Å². The lowest BCUT2D eigenvalue weighted by Gasteiger charge is -2.22. The van der Waals surface area contributed by atoms with Gasteiger partial charge in [-0.1, -0.05) is 35.9 Å². The molecule has 4 aromatic rings. The van der Waals surface area contributed by atoms with E-state index in [1.807, 2.05) is 0 Å². The fourth-order valence-electron chi connectivity index (χ4n) is 4.83. The van der Waals surface area contributed by atoms with Gasteiger partial charge in [0.15, 0.2) is 11.5 Å². The van der Waals surface area contributed by atoms with Crippen molar-refractivity contribution < 1.29 is 28.3 Å². The van der Waals surface area contributed by atoms with Gasteiger partial charge in [0.2, 0.25) is 5.91 Å². The van der Waals surface area contributed by atoms with Crippen LogP contribution in [0.1, 0.15) is 47.7 Å². The average Bonchev–Trinajstić information content (AvgIpc) is 3.38. The molecule has 1 aliphatic heterocycles. The molecule has 12 nitrogen and oxygen atoms in total. The summed E-state index contributed by atoms with van der Waals surface area (Å²) >= 11 is 5.92. The molecule has 0 saturated heterocycles. The van der Waals surface area contributed by atoms with Crippen molar-refractivity contribution in [2.75, 3.05) is 17.7 Å². The predicted molar refractivity (Wildman–Crippen MR) is 159 cm³/mol. The van der Waals surface area contributed by atoms with Gasteiger partial charge < -0.3 is 15.4 Å². The molecule has 0 unspecified atom stereocenters. The number of hydrogen-bond acceptors (Lipinski definition) is 8. The van der Waals surface area contributed by atoms with Crippen LogP contribution in [0.5, 0.6) is 0 Å². The van der Waals surface area contributed by atoms with Crippen LogP contribution in [0.25, 0.3) is 16.8 Å². The lowest BCUT2D eigenvalue weighted by Crippen LogP contribution is -2.32. The van der Waals surface area contributed by atoms with Crippen LogP contribution >= 0.6 is 11.6 Å². The third kappa shape index (κ3) is 6.27. The number of carbonyl (C=O) groups is 4. The van der Waals surface area contributed by atoms with Gasteiger partial charge in [-0.05, 0) is 48.9 Å². The van der Waals surface area contributed by atoms with E-state index >= 15 is 0 Å². The summed E-state index contributed by atoms with van der Waals surface area (Å²) in [5, 5.41) is 16.0. The van der Waals surface area contributed by atoms with E-state index in [0.29, 0.717) is 28.2 Å². The largest absolute Gasteiger partial charge is 0.453 e. The Hall–Kier alpha value is -5.17. The molecule has 2 atom stereocenters. The van der Waals surface area contributed by atoms with Crippen molar-refractivity contribution in [1.29, 1.82) is 0 Å². The zero-order chi connectivity index (χ0) is 31.5. The second kappa shape index (κ2) is 12.6. The number of methoxy groups -OCH3 is 1. The minimum Gasteiger partial charge on any atom is -0.453 e. The quantitative estimate of drug-likeness (QED) is 0.287. The van der Waals surface area contributed by atoms with E-state index in [-0.39, 0.29) is 40.7 Å². The Morgan fingerprint density at radius 3 is 2.70 bits per heavy atom. The van der Waals surface area contributed by atoms with Crippen LogP contribution in [0.4, 0.5) is 20.6 Å². The van der Waals surface area contributed by atoms with E-state index in [1.165, 1.54) is 30.1 Å². The fourth-order valence-corrected chi connectivity index (χ4v) is 5.00. The number of amides is 3. The van der Waals surface area contributed by atoms with E-state index in [1.54, 1.807) is 50.2 Å². The van der Waals surface area contributed by atoms with Crippen LogP contribution in [0, 0.1) is 18.7 Å². The SMILES string of the molecule is COC(=O)Nc1ccc2c(c1)NC(=O)[C@H](C)CC(=O)C[C@H](NC(=O)c1nnn(-c3cccc(Cl)c3F)c1C)c1cc-2ccn1. The minimum atomic E-state index is -0.888. The number of hydrogen-bond donors (Lipinski definition) is 3. The van der Waals surface area contributed by atoms with Gasteiger partial charge in [-0.15, -0.1) is 5.10 Å². The number of Topliss-reactive ketones (excluding diaryl/α,β-unsaturated/α-hetero) is 1. The standard InChI is InChI=1S/C30H27ClFN7O5/c1-15-11-19(40)14-24(36-29(42)27-16(2)39(38-37-27)25-6-4-5-21(31)26(25)32)23-12-17(9-10-33-23)20-8-7-18(34-30(43)44-3)13-22(20)35-28(15)41/h4-10,12-13,15,24H,11,14H2,1-3H3,(H,34,43)(H,35,41)(H,36,42)/t15-,24+/m1/s1. The summed E-state index contributed by atoms with van der Waals surface area (Å²) in [6.07, 6.45) is 0.598. The van der Waals surface area contributed by atoms with Crippen molar-refractivity contribution >= 4 is 46.7 Å². The molecule has 1 aliphatic rings. The number of pyridine rings is 1. The Morgan fingerprint density at radius 1 is 1.14 bits per heavy atom. The van der Waals surface area contributed by atoms with Gasteiger partial charge in [-0.25, -0.2) is 13.9 Å². The number of ketones is 1. The Balaban J connectivity index is 1.51. The topological polar surface area (TPSA) is 157 Å². The number of nitrogens with zero attached hydrogens (tertiary/aromatic N) is 4. The molecule has 44 heavy (non-hydrogen) atoms. The third-order valence-electron chi connectivity index (χ3n) is 7.15. The normalized spacial score (nSPS) is 16.6. The number of aromatic nitrogens is 4. The van der Waals surface area contributed by atoms with Crippen LogP contribution in [0.2, 0.25) is 5.02 Å². The Kier molecular flexibility index (Phi) is 8.67. The molecular weight excluding hydrogens is 593 g/mol. The average molecular weight is 620 g/mol. The van der Waals surface area contributed by atoms with Crippen molar-refractivity contribution in [3.05, 3.63) is 82.6 Å². The maximum absolute atomic E-state index is 14.7. The molecule has 5 rings (SSSR count). The summed E-state index contributed by atoms with van der Waals surface area (Å²) < 4.78 is 20.5. The highest BCUT2D eigenvalue weighted by atomic mass is 35.5. The molecule has 2 bridgehead atoms. The number of carbonyl (C=O) groups excluding carboxylic acids is 4. The molecule has 14 heteroatoms. The summed E-state index contributed by atoms with van der Waals surface area (Å²) in [5.74, 6) is -2.76. The van der Waals surface area contributed by atoms with E-state index in [4.69, 9.17) is 11.6 Å². The first-order valence-electron chi connectivity index (χ1n) is 13.5. The van der Waals surface area contributed by atoms with Crippen LogP contribution < -0.4 is 16.0 Å². The number of anilines is 2. The van der Waals surface area contributed by atoms with E-state index in [0.717, 1.165) is 0 Å². The molecule has 226 valence electrons. The lowest BCUT2D eigenvalue weighted by molar-refractivity contribution is -0.126. The first-order chi connectivity index (χ1) is 21.0. The van der Waals surface area contributed by atoms with Crippen molar-refractivity contribution in [2.24, 2.45) is 5.92 Å². The Labute approximate surface area is 256 Å². The Morgan fingerprint density at radius 2 is 1.93 bits per heavy atom. The first kappa shape index (κ1) is 30.3. The van der Waals surface area contributed by atoms with Crippen LogP contribution in [-0.2, 0) is 14.3 Å². The van der Waals surface area contributed by atoms with Crippen molar-refractivity contribution in [2.45, 2.75) is 32.7 Å². The minimum absolute atomic E-state index is 0.0213. The summed E-state index contributed by atoms with van der Waals surface area (Å²) in [6, 6.07) is 11.9. The molecule has 3 heterocycles. The molecule has 0 aliphatic carbocycles. The zero-order valence-corrected chi connectivity index (χ0v) is 24.6. The number of nitrogens with one attached hydrogen (secondary N) is 3. The van der Waals surface area contributed by atoms with E-state index in [2.05, 4.69) is 36.0 Å². The molecule has 2 aromatic heterocycles. The second-order valence-corrected chi connectivity index (χ2v) is 10.6. The molecular formula is C30H27ClFN7O5. The molecule has 0 radical (unpaired) electrons. The Bertz CT molecular complexity index is 1790. The molecule has 2 aromatic carbocycles. The van der Waals surface area contributed by atoms with Crippen molar-refractivity contribution in [3.63, 3.8) is 0 Å². The summed E-state index contributed by atoms with van der Waals surface area (Å²) in [6.45, 7) is 3.18. The van der Waals surface area contributed by atoms with Crippen LogP contribution in [0.3, 0.4) is 0 Å². The third-order valence-corrected chi connectivity index (χ3v) is 7.44. The highest BCUT2D eigenvalue weighted by Crippen LogP contribution is 2.34. The molecule has 0 saturated carbocycles. The van der Waals surface area contributed by atoms with Gasteiger partial charge in [0.1, 0.15) is 11.5 Å². The monoisotopic (exact) mass is 619 g/mol. The molecule has 0 spiro atoms. The number of benzene rings is 2. The summed E-state index contributed by atoms with van der Waals surface area (Å²) in [5.41, 5.74) is 2.60. The summed E-state index contributed by atoms with van der Waals surface area (Å²) in [4.78, 5) is 55.9. The first-order valence-corrected chi connectivity index (χ1v) is 13.9. The highest BCUT2D eigenvalue weighted by molar-refractivity contribution is 6.30. The molecule has 0 fully saturated rings. The molecule has 3 N–H and O–H groups in total. The lowest BCUT2D eigenvalue weighted by atomic mass is 9.94. The number of halogens is 2. The number of fused-ring (bicyclic) bond motifs is 4. The van der Waals surface area contributed by atoms with Crippen molar-refractivity contribution in [1.82, 2.24) is 25.3 Å². The smallest absolute Gasteiger partial charge is 0.411 e. The molecule has 3 amide bonds. The maximum Gasteiger partial charge on any atom is 0.411 e. The van der Waals surface area contributed by atoms with Gasteiger partial charge >= 0.3 is 6.09 Å². The van der Waals surface area contributed by atoms with E-state index in [9.17, 15) is 23.6 Å². The van der Waals surface area contributed by atoms with Crippen LogP contribution in [-0.4, -0.2) is 50.8 Å². The van der Waals surface area contributed by atoms with Crippen LogP contribution in [0.15, 0.2) is 54.7 Å². The van der Waals surface area contributed by atoms with Gasteiger partial charge in [0, 0.05) is 36.2 Å². The van der Waals surface area contributed by atoms with Gasteiger partial charge in [-0.2, -0.15) is 0 Å².